The molecule has 0 aliphatic heterocycles. The number of amides is 1. The maximum absolute atomic E-state index is 13.7. The Hall–Kier alpha value is -4.14. The second kappa shape index (κ2) is 9.01. The molecule has 0 N–H and O–H groups in total. The zero-order chi connectivity index (χ0) is 24.6. The SMILES string of the molecule is CCOC(=O)c1cc2c(=O)n3cccc(C)c3nc2n(C(C)C)c1=NC(=O)c1cccc(F)c1. The highest BCUT2D eigenvalue weighted by Crippen LogP contribution is 2.17. The van der Waals surface area contributed by atoms with Gasteiger partial charge in [-0.2, -0.15) is 4.99 Å². The zero-order valence-electron chi connectivity index (χ0n) is 19.2. The van der Waals surface area contributed by atoms with Crippen molar-refractivity contribution >= 4 is 28.6 Å². The highest BCUT2D eigenvalue weighted by molar-refractivity contribution is 5.97. The molecule has 4 rings (SSSR count). The van der Waals surface area contributed by atoms with Crippen LogP contribution in [0.15, 0.2) is 58.4 Å². The number of nitrogens with zero attached hydrogens (tertiary/aromatic N) is 4. The molecule has 8 nitrogen and oxygen atoms in total. The number of halogens is 1. The minimum atomic E-state index is -0.743. The summed E-state index contributed by atoms with van der Waals surface area (Å²) in [5, 5.41) is 0.178. The lowest BCUT2D eigenvalue weighted by atomic mass is 10.1. The van der Waals surface area contributed by atoms with Gasteiger partial charge in [-0.25, -0.2) is 14.2 Å². The highest BCUT2D eigenvalue weighted by Gasteiger charge is 2.21. The normalized spacial score (nSPS) is 12.0. The second-order valence-electron chi connectivity index (χ2n) is 8.03. The first-order valence-electron chi connectivity index (χ1n) is 10.8. The molecule has 9 heteroatoms. The third-order valence-corrected chi connectivity index (χ3v) is 5.34. The van der Waals surface area contributed by atoms with Gasteiger partial charge in [-0.3, -0.25) is 14.0 Å². The Kier molecular flexibility index (Phi) is 6.10. The quantitative estimate of drug-likeness (QED) is 0.341. The van der Waals surface area contributed by atoms with Crippen LogP contribution in [0.25, 0.3) is 16.7 Å². The summed E-state index contributed by atoms with van der Waals surface area (Å²) in [5.41, 5.74) is 1.08. The molecule has 0 fully saturated rings. The van der Waals surface area contributed by atoms with Crippen LogP contribution in [0.3, 0.4) is 0 Å². The molecule has 0 unspecified atom stereocenters. The van der Waals surface area contributed by atoms with Crippen molar-refractivity contribution in [2.75, 3.05) is 6.61 Å². The maximum atomic E-state index is 13.7. The van der Waals surface area contributed by atoms with E-state index in [-0.39, 0.29) is 45.9 Å². The number of rotatable bonds is 4. The Morgan fingerprint density at radius 1 is 1.15 bits per heavy atom. The predicted molar refractivity (Wildman–Crippen MR) is 124 cm³/mol. The van der Waals surface area contributed by atoms with Crippen LogP contribution in [0.1, 0.15) is 53.1 Å². The third-order valence-electron chi connectivity index (χ3n) is 5.34. The number of hydrogen-bond donors (Lipinski definition) is 0. The molecule has 0 bridgehead atoms. The van der Waals surface area contributed by atoms with Crippen LogP contribution in [-0.4, -0.2) is 32.4 Å². The fourth-order valence-electron chi connectivity index (χ4n) is 3.79. The summed E-state index contributed by atoms with van der Waals surface area (Å²) >= 11 is 0. The number of hydrogen-bond acceptors (Lipinski definition) is 5. The lowest BCUT2D eigenvalue weighted by Gasteiger charge is -2.18. The molecule has 1 amide bonds. The van der Waals surface area contributed by atoms with E-state index in [1.807, 2.05) is 26.8 Å². The van der Waals surface area contributed by atoms with E-state index in [1.54, 1.807) is 23.8 Å². The molecule has 0 saturated heterocycles. The number of esters is 1. The van der Waals surface area contributed by atoms with Gasteiger partial charge < -0.3 is 9.30 Å². The van der Waals surface area contributed by atoms with E-state index in [9.17, 15) is 18.8 Å². The van der Waals surface area contributed by atoms with Crippen molar-refractivity contribution in [3.05, 3.63) is 87.0 Å². The Balaban J connectivity index is 2.17. The fraction of sp³-hybridized carbons (Fsp3) is 0.240. The Morgan fingerprint density at radius 2 is 1.91 bits per heavy atom. The average Bonchev–Trinajstić information content (AvgIpc) is 2.79. The molecule has 0 spiro atoms. The summed E-state index contributed by atoms with van der Waals surface area (Å²) in [6.45, 7) is 7.21. The molecule has 3 heterocycles. The molecule has 174 valence electrons. The summed E-state index contributed by atoms with van der Waals surface area (Å²) in [6, 6.07) is 9.71. The van der Waals surface area contributed by atoms with Crippen LogP contribution in [-0.2, 0) is 4.74 Å². The van der Waals surface area contributed by atoms with Crippen molar-refractivity contribution in [3.63, 3.8) is 0 Å². The van der Waals surface area contributed by atoms with Crippen molar-refractivity contribution < 1.29 is 18.7 Å². The number of aryl methyl sites for hydroxylation is 1. The lowest BCUT2D eigenvalue weighted by Crippen LogP contribution is -2.33. The maximum Gasteiger partial charge on any atom is 0.341 e. The van der Waals surface area contributed by atoms with Gasteiger partial charge >= 0.3 is 5.97 Å². The van der Waals surface area contributed by atoms with E-state index < -0.39 is 17.7 Å². The second-order valence-corrected chi connectivity index (χ2v) is 8.03. The molecule has 34 heavy (non-hydrogen) atoms. The van der Waals surface area contributed by atoms with Crippen LogP contribution < -0.4 is 11.0 Å². The van der Waals surface area contributed by atoms with Crippen LogP contribution in [0.2, 0.25) is 0 Å². The van der Waals surface area contributed by atoms with E-state index in [1.165, 1.54) is 28.7 Å². The van der Waals surface area contributed by atoms with E-state index >= 15 is 0 Å². The smallest absolute Gasteiger partial charge is 0.341 e. The first kappa shape index (κ1) is 23.0. The fourth-order valence-corrected chi connectivity index (χ4v) is 3.79. The van der Waals surface area contributed by atoms with Gasteiger partial charge in [-0.1, -0.05) is 12.1 Å². The molecule has 0 aliphatic rings. The van der Waals surface area contributed by atoms with Gasteiger partial charge in [-0.05, 0) is 63.6 Å². The molecule has 0 atom stereocenters. The van der Waals surface area contributed by atoms with Gasteiger partial charge in [0.05, 0.1) is 12.0 Å². The topological polar surface area (TPSA) is 95.0 Å². The van der Waals surface area contributed by atoms with E-state index in [0.717, 1.165) is 11.6 Å². The number of benzene rings is 1. The van der Waals surface area contributed by atoms with Gasteiger partial charge in [0, 0.05) is 17.8 Å². The van der Waals surface area contributed by atoms with Crippen molar-refractivity contribution in [2.45, 2.75) is 33.7 Å². The van der Waals surface area contributed by atoms with Crippen molar-refractivity contribution in [2.24, 2.45) is 4.99 Å². The zero-order valence-corrected chi connectivity index (χ0v) is 19.2. The molecule has 4 aromatic rings. The van der Waals surface area contributed by atoms with Crippen molar-refractivity contribution in [1.82, 2.24) is 14.0 Å². The van der Waals surface area contributed by atoms with Crippen LogP contribution in [0, 0.1) is 12.7 Å². The Labute approximate surface area is 194 Å². The van der Waals surface area contributed by atoms with Gasteiger partial charge in [0.25, 0.3) is 11.5 Å². The Morgan fingerprint density at radius 3 is 2.59 bits per heavy atom. The lowest BCUT2D eigenvalue weighted by molar-refractivity contribution is 0.0523. The number of fused-ring (bicyclic) bond motifs is 2. The first-order valence-corrected chi connectivity index (χ1v) is 10.8. The van der Waals surface area contributed by atoms with Crippen LogP contribution in [0.4, 0.5) is 4.39 Å². The number of carbonyl (C=O) groups excluding carboxylic acids is 2. The van der Waals surface area contributed by atoms with Gasteiger partial charge in [0.2, 0.25) is 0 Å². The largest absolute Gasteiger partial charge is 0.462 e. The predicted octanol–water partition coefficient (Wildman–Crippen LogP) is 3.60. The van der Waals surface area contributed by atoms with E-state index in [0.29, 0.717) is 5.65 Å². The molecule has 0 aliphatic carbocycles. The Bertz CT molecular complexity index is 1580. The first-order chi connectivity index (χ1) is 16.2. The van der Waals surface area contributed by atoms with Gasteiger partial charge in [0.1, 0.15) is 22.7 Å². The minimum Gasteiger partial charge on any atom is -0.462 e. The van der Waals surface area contributed by atoms with Crippen LogP contribution in [0.5, 0.6) is 0 Å². The molecular weight excluding hydrogens is 439 g/mol. The molecular formula is C25H23FN4O4. The summed E-state index contributed by atoms with van der Waals surface area (Å²) in [6.07, 6.45) is 1.60. The standard InChI is InChI=1S/C25H23FN4O4/c1-5-34-25(33)19-13-18-21(27-20-15(4)8-7-11-29(20)24(18)32)30(14(2)3)22(19)28-23(31)16-9-6-10-17(26)12-16/h6-14H,5H2,1-4H3. The summed E-state index contributed by atoms with van der Waals surface area (Å²) in [7, 11) is 0. The monoisotopic (exact) mass is 462 g/mol. The number of ether oxygens (including phenoxy) is 1. The van der Waals surface area contributed by atoms with Crippen molar-refractivity contribution in [3.8, 4) is 0 Å². The molecule has 3 aromatic heterocycles. The van der Waals surface area contributed by atoms with E-state index in [4.69, 9.17) is 9.72 Å². The summed E-state index contributed by atoms with van der Waals surface area (Å²) < 4.78 is 21.9. The van der Waals surface area contributed by atoms with Crippen LogP contribution >= 0.6 is 0 Å². The number of aromatic nitrogens is 3. The van der Waals surface area contributed by atoms with Gasteiger partial charge in [0.15, 0.2) is 5.49 Å². The van der Waals surface area contributed by atoms with E-state index in [2.05, 4.69) is 4.99 Å². The minimum absolute atomic E-state index is 0.0138. The molecule has 0 radical (unpaired) electrons. The molecule has 0 saturated carbocycles. The van der Waals surface area contributed by atoms with Gasteiger partial charge in [-0.15, -0.1) is 0 Å². The summed E-state index contributed by atoms with van der Waals surface area (Å²) in [5.74, 6) is -2.07. The summed E-state index contributed by atoms with van der Waals surface area (Å²) in [4.78, 5) is 48.1. The number of pyridine rings is 2. The van der Waals surface area contributed by atoms with Crippen molar-refractivity contribution in [1.29, 1.82) is 0 Å². The molecule has 1 aromatic carbocycles. The number of carbonyl (C=O) groups is 2. The third kappa shape index (κ3) is 4.00. The average molecular weight is 462 g/mol. The highest BCUT2D eigenvalue weighted by atomic mass is 19.1.